The van der Waals surface area contributed by atoms with Crippen LogP contribution in [0.4, 0.5) is 0 Å². The molecule has 76 valence electrons. The second kappa shape index (κ2) is 3.64. The first-order chi connectivity index (χ1) is 5.82. The molecule has 0 heterocycles. The number of aliphatic hydroxyl groups excluding tert-OH is 1. The fraction of sp³-hybridized carbons (Fsp3) is 0.800. The highest BCUT2D eigenvalue weighted by atomic mass is 32.1. The van der Waals surface area contributed by atoms with E-state index in [9.17, 15) is 10.2 Å². The fourth-order valence-electron chi connectivity index (χ4n) is 1.77. The highest BCUT2D eigenvalue weighted by molar-refractivity contribution is 7.81. The lowest BCUT2D eigenvalue weighted by atomic mass is 9.78. The lowest BCUT2D eigenvalue weighted by molar-refractivity contribution is -0.00277. The van der Waals surface area contributed by atoms with E-state index in [1.807, 2.05) is 13.0 Å². The quantitative estimate of drug-likeness (QED) is 0.444. The van der Waals surface area contributed by atoms with Gasteiger partial charge in [0.2, 0.25) is 0 Å². The molecule has 2 N–H and O–H groups in total. The Bertz CT molecular complexity index is 217. The predicted molar refractivity (Wildman–Crippen MR) is 56.9 cm³/mol. The Balaban J connectivity index is 2.82. The third kappa shape index (κ3) is 2.48. The van der Waals surface area contributed by atoms with Crippen molar-refractivity contribution in [3.8, 4) is 0 Å². The first-order valence-corrected chi connectivity index (χ1v) is 5.11. The Morgan fingerprint density at radius 2 is 2.08 bits per heavy atom. The van der Waals surface area contributed by atoms with E-state index in [4.69, 9.17) is 0 Å². The molecule has 0 amide bonds. The minimum Gasteiger partial charge on any atom is -0.390 e. The fourth-order valence-corrected chi connectivity index (χ4v) is 2.49. The van der Waals surface area contributed by atoms with Crippen molar-refractivity contribution >= 4 is 12.6 Å². The van der Waals surface area contributed by atoms with Crippen molar-refractivity contribution in [1.82, 2.24) is 0 Å². The van der Waals surface area contributed by atoms with Crippen LogP contribution in [0.5, 0.6) is 0 Å². The minimum atomic E-state index is -0.773. The predicted octanol–water partition coefficient (Wildman–Crippen LogP) is 1.38. The number of thiol groups is 1. The van der Waals surface area contributed by atoms with Crippen molar-refractivity contribution in [2.24, 2.45) is 5.92 Å². The Labute approximate surface area is 85.1 Å². The third-order valence-electron chi connectivity index (χ3n) is 2.76. The smallest absolute Gasteiger partial charge is 0.0752 e. The van der Waals surface area contributed by atoms with Gasteiger partial charge in [0.25, 0.3) is 0 Å². The molecule has 0 bridgehead atoms. The molecule has 0 fully saturated rings. The summed E-state index contributed by atoms with van der Waals surface area (Å²) in [5, 5.41) is 19.5. The molecule has 3 unspecified atom stereocenters. The number of hydrogen-bond donors (Lipinski definition) is 3. The van der Waals surface area contributed by atoms with Crippen molar-refractivity contribution in [2.45, 2.75) is 44.1 Å². The van der Waals surface area contributed by atoms with Crippen molar-refractivity contribution < 1.29 is 10.2 Å². The molecule has 0 radical (unpaired) electrons. The van der Waals surface area contributed by atoms with Crippen LogP contribution in [0, 0.1) is 5.92 Å². The standard InChI is InChI=1S/C10H18O2S/c1-6-4-9(13)7(5-8(6)11)10(2,3)12/h4,7-9,11-13H,5H2,1-3H3. The molecule has 0 aromatic heterocycles. The minimum absolute atomic E-state index is 0.0227. The van der Waals surface area contributed by atoms with Crippen molar-refractivity contribution in [3.05, 3.63) is 11.6 Å². The van der Waals surface area contributed by atoms with Gasteiger partial charge in [-0.2, -0.15) is 12.6 Å². The van der Waals surface area contributed by atoms with Crippen molar-refractivity contribution in [1.29, 1.82) is 0 Å². The summed E-state index contributed by atoms with van der Waals surface area (Å²) in [7, 11) is 0. The Morgan fingerprint density at radius 3 is 2.54 bits per heavy atom. The van der Waals surface area contributed by atoms with E-state index >= 15 is 0 Å². The van der Waals surface area contributed by atoms with E-state index in [1.54, 1.807) is 13.8 Å². The number of rotatable bonds is 1. The molecule has 0 saturated carbocycles. The van der Waals surface area contributed by atoms with Gasteiger partial charge in [0.15, 0.2) is 0 Å². The maximum absolute atomic E-state index is 9.83. The summed E-state index contributed by atoms with van der Waals surface area (Å²) >= 11 is 4.40. The molecule has 1 aliphatic carbocycles. The van der Waals surface area contributed by atoms with Crippen molar-refractivity contribution in [2.75, 3.05) is 0 Å². The largest absolute Gasteiger partial charge is 0.390 e. The van der Waals surface area contributed by atoms with Gasteiger partial charge in [0.1, 0.15) is 0 Å². The van der Waals surface area contributed by atoms with Crippen LogP contribution < -0.4 is 0 Å². The first kappa shape index (κ1) is 11.1. The maximum Gasteiger partial charge on any atom is 0.0752 e. The van der Waals surface area contributed by atoms with Crippen molar-refractivity contribution in [3.63, 3.8) is 0 Å². The Hall–Kier alpha value is 0.01000. The van der Waals surface area contributed by atoms with Gasteiger partial charge in [0, 0.05) is 11.2 Å². The van der Waals surface area contributed by atoms with Crippen LogP contribution in [-0.2, 0) is 0 Å². The Kier molecular flexibility index (Phi) is 3.10. The summed E-state index contributed by atoms with van der Waals surface area (Å²) in [5.41, 5.74) is 0.186. The topological polar surface area (TPSA) is 40.5 Å². The molecular formula is C10H18O2S. The SMILES string of the molecule is CC1=CC(S)C(C(C)(C)O)CC1O. The van der Waals surface area contributed by atoms with E-state index in [0.717, 1.165) is 5.57 Å². The summed E-state index contributed by atoms with van der Waals surface area (Å²) in [4.78, 5) is 0. The highest BCUT2D eigenvalue weighted by Gasteiger charge is 2.36. The Morgan fingerprint density at radius 1 is 1.54 bits per heavy atom. The van der Waals surface area contributed by atoms with Crippen LogP contribution in [-0.4, -0.2) is 27.2 Å². The van der Waals surface area contributed by atoms with E-state index in [1.165, 1.54) is 0 Å². The molecule has 1 aliphatic rings. The molecule has 0 aromatic rings. The molecule has 3 atom stereocenters. The van der Waals surface area contributed by atoms with Gasteiger partial charge in [0.05, 0.1) is 11.7 Å². The molecular weight excluding hydrogens is 184 g/mol. The molecule has 3 heteroatoms. The van der Waals surface area contributed by atoms with Crippen LogP contribution >= 0.6 is 12.6 Å². The van der Waals surface area contributed by atoms with E-state index in [0.29, 0.717) is 6.42 Å². The van der Waals surface area contributed by atoms with Gasteiger partial charge >= 0.3 is 0 Å². The number of hydrogen-bond acceptors (Lipinski definition) is 3. The summed E-state index contributed by atoms with van der Waals surface area (Å²) in [6, 6.07) is 0. The average molecular weight is 202 g/mol. The molecule has 0 aromatic carbocycles. The lowest BCUT2D eigenvalue weighted by Crippen LogP contribution is -2.41. The van der Waals surface area contributed by atoms with Gasteiger partial charge in [-0.3, -0.25) is 0 Å². The zero-order chi connectivity index (χ0) is 10.2. The first-order valence-electron chi connectivity index (χ1n) is 4.59. The molecule has 0 aliphatic heterocycles. The monoisotopic (exact) mass is 202 g/mol. The van der Waals surface area contributed by atoms with Gasteiger partial charge in [-0.15, -0.1) is 0 Å². The second-order valence-electron chi connectivity index (χ2n) is 4.41. The van der Waals surface area contributed by atoms with Gasteiger partial charge in [-0.1, -0.05) is 6.08 Å². The summed E-state index contributed by atoms with van der Waals surface area (Å²) < 4.78 is 0. The van der Waals surface area contributed by atoms with E-state index in [2.05, 4.69) is 12.6 Å². The zero-order valence-corrected chi connectivity index (χ0v) is 9.25. The maximum atomic E-state index is 9.83. The molecule has 2 nitrogen and oxygen atoms in total. The highest BCUT2D eigenvalue weighted by Crippen LogP contribution is 2.34. The second-order valence-corrected chi connectivity index (χ2v) is 5.01. The average Bonchev–Trinajstić information content (AvgIpc) is 1.94. The van der Waals surface area contributed by atoms with Crippen LogP contribution in [0.15, 0.2) is 11.6 Å². The number of aliphatic hydroxyl groups is 2. The van der Waals surface area contributed by atoms with Crippen LogP contribution in [0.3, 0.4) is 0 Å². The van der Waals surface area contributed by atoms with Crippen LogP contribution in [0.2, 0.25) is 0 Å². The van der Waals surface area contributed by atoms with E-state index < -0.39 is 11.7 Å². The zero-order valence-electron chi connectivity index (χ0n) is 8.36. The third-order valence-corrected chi connectivity index (χ3v) is 3.27. The summed E-state index contributed by atoms with van der Waals surface area (Å²) in [5.74, 6) is 0.0227. The van der Waals surface area contributed by atoms with E-state index in [-0.39, 0.29) is 11.2 Å². The summed E-state index contributed by atoms with van der Waals surface area (Å²) in [6.07, 6.45) is 2.11. The van der Waals surface area contributed by atoms with Crippen LogP contribution in [0.1, 0.15) is 27.2 Å². The van der Waals surface area contributed by atoms with Gasteiger partial charge < -0.3 is 10.2 Å². The van der Waals surface area contributed by atoms with Gasteiger partial charge in [-0.05, 0) is 32.8 Å². The molecule has 0 saturated heterocycles. The molecule has 13 heavy (non-hydrogen) atoms. The van der Waals surface area contributed by atoms with Gasteiger partial charge in [-0.25, -0.2) is 0 Å². The normalized spacial score (nSPS) is 35.8. The van der Waals surface area contributed by atoms with Crippen LogP contribution in [0.25, 0.3) is 0 Å². The lowest BCUT2D eigenvalue weighted by Gasteiger charge is -2.37. The summed E-state index contributed by atoms with van der Waals surface area (Å²) in [6.45, 7) is 5.43. The molecule has 0 spiro atoms. The molecule has 1 rings (SSSR count).